The number of carbonyl (C=O) groups is 3. The van der Waals surface area contributed by atoms with E-state index in [1.807, 2.05) is 20.8 Å². The first-order valence-corrected chi connectivity index (χ1v) is 8.97. The zero-order valence-corrected chi connectivity index (χ0v) is 16.1. The van der Waals surface area contributed by atoms with E-state index in [4.69, 9.17) is 0 Å². The highest BCUT2D eigenvalue weighted by atomic mass is 16.2. The standard InChI is InChI=1S/C20H18N6O3/c1-11-12(2)24-26(13(11)3)20-21-8-14(9-22-20)23-17(27)10-25-18(28)15-6-4-5-7-16(15)19(25)29/h4-9H,10H2,1-3H3,(H,23,27). The van der Waals surface area contributed by atoms with Gasteiger partial charge in [0.05, 0.1) is 34.9 Å². The number of imide groups is 1. The Morgan fingerprint density at radius 3 is 2.10 bits per heavy atom. The number of rotatable bonds is 4. The van der Waals surface area contributed by atoms with Crippen LogP contribution in [0.15, 0.2) is 36.7 Å². The molecule has 9 heteroatoms. The van der Waals surface area contributed by atoms with Gasteiger partial charge in [-0.2, -0.15) is 5.10 Å². The lowest BCUT2D eigenvalue weighted by Gasteiger charge is -2.13. The summed E-state index contributed by atoms with van der Waals surface area (Å²) in [6.45, 7) is 5.43. The average Bonchev–Trinajstić information content (AvgIpc) is 3.11. The molecule has 0 atom stereocenters. The first-order valence-electron chi connectivity index (χ1n) is 8.97. The van der Waals surface area contributed by atoms with Crippen LogP contribution in [-0.2, 0) is 4.79 Å². The predicted octanol–water partition coefficient (Wildman–Crippen LogP) is 1.82. The van der Waals surface area contributed by atoms with Gasteiger partial charge in [-0.3, -0.25) is 19.3 Å². The van der Waals surface area contributed by atoms with Gasteiger partial charge in [-0.1, -0.05) is 12.1 Å². The molecule has 146 valence electrons. The zero-order chi connectivity index (χ0) is 20.7. The van der Waals surface area contributed by atoms with Gasteiger partial charge in [0.25, 0.3) is 17.8 Å². The maximum Gasteiger partial charge on any atom is 0.262 e. The molecule has 0 unspecified atom stereocenters. The van der Waals surface area contributed by atoms with Crippen LogP contribution in [0, 0.1) is 20.8 Å². The second-order valence-corrected chi connectivity index (χ2v) is 6.77. The molecule has 0 saturated heterocycles. The smallest absolute Gasteiger partial charge is 0.262 e. The van der Waals surface area contributed by atoms with E-state index in [0.29, 0.717) is 22.8 Å². The fraction of sp³-hybridized carbons (Fsp3) is 0.200. The zero-order valence-electron chi connectivity index (χ0n) is 16.1. The maximum atomic E-state index is 12.3. The summed E-state index contributed by atoms with van der Waals surface area (Å²) in [5.41, 5.74) is 3.85. The normalized spacial score (nSPS) is 13.0. The lowest BCUT2D eigenvalue weighted by atomic mass is 10.1. The summed E-state index contributed by atoms with van der Waals surface area (Å²) in [6.07, 6.45) is 2.91. The number of amides is 3. The third-order valence-electron chi connectivity index (χ3n) is 4.94. The molecule has 3 amide bonds. The van der Waals surface area contributed by atoms with Crippen molar-refractivity contribution in [1.82, 2.24) is 24.6 Å². The molecule has 0 saturated carbocycles. The summed E-state index contributed by atoms with van der Waals surface area (Å²) in [5, 5.41) is 7.00. The Kier molecular flexibility index (Phi) is 4.42. The van der Waals surface area contributed by atoms with Crippen LogP contribution in [0.1, 0.15) is 37.7 Å². The topological polar surface area (TPSA) is 110 Å². The minimum atomic E-state index is -0.516. The van der Waals surface area contributed by atoms with Crippen molar-refractivity contribution in [3.8, 4) is 5.95 Å². The van der Waals surface area contributed by atoms with Gasteiger partial charge >= 0.3 is 0 Å². The minimum absolute atomic E-state index is 0.304. The highest BCUT2D eigenvalue weighted by Gasteiger charge is 2.36. The molecule has 1 N–H and O–H groups in total. The summed E-state index contributed by atoms with van der Waals surface area (Å²) < 4.78 is 1.63. The van der Waals surface area contributed by atoms with E-state index in [0.717, 1.165) is 21.9 Å². The molecule has 4 rings (SSSR count). The van der Waals surface area contributed by atoms with E-state index in [1.54, 1.807) is 28.9 Å². The lowest BCUT2D eigenvalue weighted by Crippen LogP contribution is -2.37. The second-order valence-electron chi connectivity index (χ2n) is 6.77. The van der Waals surface area contributed by atoms with Crippen molar-refractivity contribution in [3.05, 3.63) is 64.7 Å². The van der Waals surface area contributed by atoms with E-state index in [-0.39, 0.29) is 6.54 Å². The van der Waals surface area contributed by atoms with Crippen LogP contribution in [0.25, 0.3) is 5.95 Å². The molecule has 1 aromatic carbocycles. The molecule has 3 aromatic rings. The molecule has 9 nitrogen and oxygen atoms in total. The van der Waals surface area contributed by atoms with E-state index in [2.05, 4.69) is 20.4 Å². The summed E-state index contributed by atoms with van der Waals surface area (Å²) in [6, 6.07) is 6.50. The first kappa shape index (κ1) is 18.5. The van der Waals surface area contributed by atoms with E-state index in [9.17, 15) is 14.4 Å². The number of hydrogen-bond donors (Lipinski definition) is 1. The van der Waals surface area contributed by atoms with Gasteiger partial charge in [0.1, 0.15) is 6.54 Å². The summed E-state index contributed by atoms with van der Waals surface area (Å²) in [7, 11) is 0. The SMILES string of the molecule is Cc1nn(-c2ncc(NC(=O)CN3C(=O)c4ccccc4C3=O)cn2)c(C)c1C. The molecule has 2 aromatic heterocycles. The van der Waals surface area contributed by atoms with Gasteiger partial charge in [0.2, 0.25) is 5.91 Å². The Hall–Kier alpha value is -3.88. The molecule has 3 heterocycles. The molecule has 0 fully saturated rings. The van der Waals surface area contributed by atoms with Gasteiger partial charge in [0.15, 0.2) is 0 Å². The van der Waals surface area contributed by atoms with Crippen molar-refractivity contribution < 1.29 is 14.4 Å². The summed E-state index contributed by atoms with van der Waals surface area (Å²) >= 11 is 0. The highest BCUT2D eigenvalue weighted by molar-refractivity contribution is 6.22. The average molecular weight is 390 g/mol. The monoisotopic (exact) mass is 390 g/mol. The summed E-state index contributed by atoms with van der Waals surface area (Å²) in [4.78, 5) is 46.4. The van der Waals surface area contributed by atoms with Crippen LogP contribution in [-0.4, -0.2) is 48.9 Å². The number of nitrogens with zero attached hydrogens (tertiary/aromatic N) is 5. The Balaban J connectivity index is 1.45. The van der Waals surface area contributed by atoms with Crippen LogP contribution in [0.4, 0.5) is 5.69 Å². The van der Waals surface area contributed by atoms with Crippen LogP contribution >= 0.6 is 0 Å². The molecular weight excluding hydrogens is 372 g/mol. The predicted molar refractivity (Wildman–Crippen MR) is 104 cm³/mol. The first-order chi connectivity index (χ1) is 13.9. The van der Waals surface area contributed by atoms with Crippen molar-refractivity contribution >= 4 is 23.4 Å². The van der Waals surface area contributed by atoms with Crippen molar-refractivity contribution in [2.45, 2.75) is 20.8 Å². The number of benzene rings is 1. The van der Waals surface area contributed by atoms with E-state index in [1.165, 1.54) is 12.4 Å². The number of nitrogens with one attached hydrogen (secondary N) is 1. The van der Waals surface area contributed by atoms with Crippen LogP contribution in [0.5, 0.6) is 0 Å². The molecule has 0 bridgehead atoms. The fourth-order valence-corrected chi connectivity index (χ4v) is 3.14. The van der Waals surface area contributed by atoms with Crippen molar-refractivity contribution in [2.24, 2.45) is 0 Å². The molecule has 0 radical (unpaired) electrons. The third-order valence-corrected chi connectivity index (χ3v) is 4.94. The number of fused-ring (bicyclic) bond motifs is 1. The fourth-order valence-electron chi connectivity index (χ4n) is 3.14. The Morgan fingerprint density at radius 2 is 1.59 bits per heavy atom. The molecular formula is C20H18N6O3. The van der Waals surface area contributed by atoms with Gasteiger partial charge in [0, 0.05) is 5.69 Å². The number of aromatic nitrogens is 4. The number of anilines is 1. The quantitative estimate of drug-likeness (QED) is 0.681. The Morgan fingerprint density at radius 1 is 1.00 bits per heavy atom. The van der Waals surface area contributed by atoms with Gasteiger partial charge in [-0.05, 0) is 38.5 Å². The van der Waals surface area contributed by atoms with Crippen molar-refractivity contribution in [3.63, 3.8) is 0 Å². The van der Waals surface area contributed by atoms with Gasteiger partial charge < -0.3 is 5.32 Å². The van der Waals surface area contributed by atoms with Gasteiger partial charge in [-0.15, -0.1) is 0 Å². The second kappa shape index (κ2) is 6.93. The van der Waals surface area contributed by atoms with Crippen molar-refractivity contribution in [1.29, 1.82) is 0 Å². The van der Waals surface area contributed by atoms with Crippen LogP contribution in [0.3, 0.4) is 0 Å². The largest absolute Gasteiger partial charge is 0.322 e. The number of aryl methyl sites for hydroxylation is 1. The van der Waals surface area contributed by atoms with Crippen LogP contribution < -0.4 is 5.32 Å². The Labute approximate surface area is 166 Å². The molecule has 1 aliphatic rings. The van der Waals surface area contributed by atoms with E-state index < -0.39 is 17.7 Å². The number of hydrogen-bond acceptors (Lipinski definition) is 6. The van der Waals surface area contributed by atoms with E-state index >= 15 is 0 Å². The minimum Gasteiger partial charge on any atom is -0.322 e. The van der Waals surface area contributed by atoms with Crippen molar-refractivity contribution in [2.75, 3.05) is 11.9 Å². The Bertz CT molecular complexity index is 1110. The third kappa shape index (κ3) is 3.16. The molecule has 29 heavy (non-hydrogen) atoms. The highest BCUT2D eigenvalue weighted by Crippen LogP contribution is 2.22. The summed E-state index contributed by atoms with van der Waals surface area (Å²) in [5.74, 6) is -1.09. The maximum absolute atomic E-state index is 12.3. The lowest BCUT2D eigenvalue weighted by molar-refractivity contribution is -0.116. The van der Waals surface area contributed by atoms with Crippen LogP contribution in [0.2, 0.25) is 0 Å². The molecule has 1 aliphatic heterocycles. The number of carbonyl (C=O) groups excluding carboxylic acids is 3. The van der Waals surface area contributed by atoms with Gasteiger partial charge in [-0.25, -0.2) is 14.6 Å². The molecule has 0 spiro atoms. The molecule has 0 aliphatic carbocycles.